The first-order valence-electron chi connectivity index (χ1n) is 10.2. The third kappa shape index (κ3) is 5.07. The molecule has 0 heterocycles. The summed E-state index contributed by atoms with van der Waals surface area (Å²) in [5.74, 6) is -0.134. The molecule has 0 saturated carbocycles. The molecule has 0 aliphatic rings. The van der Waals surface area contributed by atoms with Gasteiger partial charge in [0.2, 0.25) is 0 Å². The van der Waals surface area contributed by atoms with Crippen LogP contribution in [-0.4, -0.2) is 0 Å². The Balaban J connectivity index is 1.73. The maximum Gasteiger partial charge on any atom is 0.131 e. The second-order valence-electron chi connectivity index (χ2n) is 7.30. The standard InChI is InChI=1S/C26H29F/c1-3-5-6-8-20-9-12-22(13-10-20)23-14-16-24(17-15-23)25-18-11-21(7-4-2)19-26(25)27/h9-19H,3-8H2,1-2H3. The van der Waals surface area contributed by atoms with Gasteiger partial charge in [0, 0.05) is 5.56 Å². The summed E-state index contributed by atoms with van der Waals surface area (Å²) in [6.45, 7) is 4.35. The van der Waals surface area contributed by atoms with Crippen LogP contribution in [0.15, 0.2) is 66.7 Å². The zero-order chi connectivity index (χ0) is 19.1. The number of rotatable bonds is 8. The molecule has 3 rings (SSSR count). The Morgan fingerprint density at radius 1 is 0.593 bits per heavy atom. The Kier molecular flexibility index (Phi) is 6.81. The number of aryl methyl sites for hydroxylation is 2. The molecular weight excluding hydrogens is 331 g/mol. The van der Waals surface area contributed by atoms with Crippen LogP contribution >= 0.6 is 0 Å². The molecule has 0 aliphatic carbocycles. The molecule has 0 saturated heterocycles. The van der Waals surface area contributed by atoms with E-state index in [0.717, 1.165) is 30.4 Å². The van der Waals surface area contributed by atoms with Crippen molar-refractivity contribution in [2.75, 3.05) is 0 Å². The molecular formula is C26H29F. The maximum absolute atomic E-state index is 14.5. The number of unbranched alkanes of at least 4 members (excludes halogenated alkanes) is 2. The van der Waals surface area contributed by atoms with Gasteiger partial charge in [-0.2, -0.15) is 0 Å². The predicted molar refractivity (Wildman–Crippen MR) is 114 cm³/mol. The zero-order valence-electron chi connectivity index (χ0n) is 16.5. The molecule has 0 N–H and O–H groups in total. The van der Waals surface area contributed by atoms with Crippen LogP contribution in [0.4, 0.5) is 4.39 Å². The van der Waals surface area contributed by atoms with E-state index in [1.54, 1.807) is 6.07 Å². The zero-order valence-corrected chi connectivity index (χ0v) is 16.5. The summed E-state index contributed by atoms with van der Waals surface area (Å²) in [7, 11) is 0. The van der Waals surface area contributed by atoms with Crippen LogP contribution in [0.2, 0.25) is 0 Å². The van der Waals surface area contributed by atoms with Crippen LogP contribution in [0.5, 0.6) is 0 Å². The van der Waals surface area contributed by atoms with Gasteiger partial charge in [-0.25, -0.2) is 4.39 Å². The molecule has 0 amide bonds. The van der Waals surface area contributed by atoms with Gasteiger partial charge in [0.15, 0.2) is 0 Å². The normalized spacial score (nSPS) is 10.9. The molecule has 3 aromatic rings. The molecule has 0 aromatic heterocycles. The number of halogens is 1. The molecule has 0 fully saturated rings. The highest BCUT2D eigenvalue weighted by Crippen LogP contribution is 2.28. The summed E-state index contributed by atoms with van der Waals surface area (Å²) in [6.07, 6.45) is 6.91. The third-order valence-corrected chi connectivity index (χ3v) is 5.12. The summed E-state index contributed by atoms with van der Waals surface area (Å²) in [5.41, 5.74) is 6.44. The molecule has 0 nitrogen and oxygen atoms in total. The van der Waals surface area contributed by atoms with Crippen molar-refractivity contribution < 1.29 is 4.39 Å². The fourth-order valence-electron chi connectivity index (χ4n) is 3.52. The maximum atomic E-state index is 14.5. The monoisotopic (exact) mass is 360 g/mol. The Morgan fingerprint density at radius 3 is 1.78 bits per heavy atom. The van der Waals surface area contributed by atoms with Gasteiger partial charge in [0.05, 0.1) is 0 Å². The quantitative estimate of drug-likeness (QED) is 0.359. The van der Waals surface area contributed by atoms with E-state index in [1.807, 2.05) is 24.3 Å². The van der Waals surface area contributed by atoms with Gasteiger partial charge in [-0.1, -0.05) is 93.8 Å². The molecule has 0 atom stereocenters. The summed E-state index contributed by atoms with van der Waals surface area (Å²) in [4.78, 5) is 0. The van der Waals surface area contributed by atoms with Gasteiger partial charge >= 0.3 is 0 Å². The van der Waals surface area contributed by atoms with E-state index >= 15 is 0 Å². The van der Waals surface area contributed by atoms with Crippen molar-refractivity contribution in [2.24, 2.45) is 0 Å². The molecule has 1 heteroatoms. The van der Waals surface area contributed by atoms with Crippen molar-refractivity contribution in [3.05, 3.63) is 83.7 Å². The molecule has 3 aromatic carbocycles. The van der Waals surface area contributed by atoms with E-state index in [0.29, 0.717) is 5.56 Å². The Morgan fingerprint density at radius 2 is 1.19 bits per heavy atom. The largest absolute Gasteiger partial charge is 0.206 e. The van der Waals surface area contributed by atoms with Crippen LogP contribution in [0, 0.1) is 5.82 Å². The van der Waals surface area contributed by atoms with Crippen LogP contribution in [-0.2, 0) is 12.8 Å². The van der Waals surface area contributed by atoms with E-state index in [4.69, 9.17) is 0 Å². The van der Waals surface area contributed by atoms with Gasteiger partial charge in [-0.3, -0.25) is 0 Å². The van der Waals surface area contributed by atoms with E-state index < -0.39 is 0 Å². The first-order valence-corrected chi connectivity index (χ1v) is 10.2. The van der Waals surface area contributed by atoms with E-state index in [1.165, 1.54) is 36.0 Å². The van der Waals surface area contributed by atoms with E-state index in [-0.39, 0.29) is 5.82 Å². The molecule has 0 unspecified atom stereocenters. The van der Waals surface area contributed by atoms with Crippen molar-refractivity contribution in [3.8, 4) is 22.3 Å². The minimum Gasteiger partial charge on any atom is -0.206 e. The van der Waals surface area contributed by atoms with Crippen molar-refractivity contribution in [1.29, 1.82) is 0 Å². The Hall–Kier alpha value is -2.41. The molecule has 0 bridgehead atoms. The average molecular weight is 361 g/mol. The van der Waals surface area contributed by atoms with Crippen molar-refractivity contribution >= 4 is 0 Å². The summed E-state index contributed by atoms with van der Waals surface area (Å²) < 4.78 is 14.5. The molecule has 0 spiro atoms. The highest BCUT2D eigenvalue weighted by Gasteiger charge is 2.07. The van der Waals surface area contributed by atoms with Crippen LogP contribution in [0.25, 0.3) is 22.3 Å². The number of hydrogen-bond acceptors (Lipinski definition) is 0. The molecule has 140 valence electrons. The van der Waals surface area contributed by atoms with Crippen molar-refractivity contribution in [1.82, 2.24) is 0 Å². The lowest BCUT2D eigenvalue weighted by atomic mass is 9.97. The Bertz CT molecular complexity index is 844. The summed E-state index contributed by atoms with van der Waals surface area (Å²) >= 11 is 0. The van der Waals surface area contributed by atoms with Gasteiger partial charge in [0.1, 0.15) is 5.82 Å². The smallest absolute Gasteiger partial charge is 0.131 e. The SMILES string of the molecule is CCCCCc1ccc(-c2ccc(-c3ccc(CCC)cc3F)cc2)cc1. The lowest BCUT2D eigenvalue weighted by molar-refractivity contribution is 0.628. The average Bonchev–Trinajstić information content (AvgIpc) is 2.69. The van der Waals surface area contributed by atoms with Gasteiger partial charge in [-0.05, 0) is 53.1 Å². The first kappa shape index (κ1) is 19.4. The van der Waals surface area contributed by atoms with Crippen molar-refractivity contribution in [2.45, 2.75) is 52.4 Å². The number of hydrogen-bond donors (Lipinski definition) is 0. The van der Waals surface area contributed by atoms with Crippen molar-refractivity contribution in [3.63, 3.8) is 0 Å². The fourth-order valence-corrected chi connectivity index (χ4v) is 3.52. The van der Waals surface area contributed by atoms with E-state index in [9.17, 15) is 4.39 Å². The minimum atomic E-state index is -0.134. The highest BCUT2D eigenvalue weighted by molar-refractivity contribution is 5.71. The summed E-state index contributed by atoms with van der Waals surface area (Å²) in [6, 6.07) is 22.6. The molecule has 0 aliphatic heterocycles. The predicted octanol–water partition coefficient (Wildman–Crippen LogP) is 7.84. The van der Waals surface area contributed by atoms with Gasteiger partial charge in [0.25, 0.3) is 0 Å². The van der Waals surface area contributed by atoms with E-state index in [2.05, 4.69) is 50.2 Å². The Labute approximate surface area is 163 Å². The second kappa shape index (κ2) is 9.50. The fraction of sp³-hybridized carbons (Fsp3) is 0.308. The molecule has 27 heavy (non-hydrogen) atoms. The topological polar surface area (TPSA) is 0 Å². The van der Waals surface area contributed by atoms with Crippen LogP contribution < -0.4 is 0 Å². The third-order valence-electron chi connectivity index (χ3n) is 5.12. The number of benzene rings is 3. The molecule has 0 radical (unpaired) electrons. The first-order chi connectivity index (χ1) is 13.2. The van der Waals surface area contributed by atoms with Crippen LogP contribution in [0.3, 0.4) is 0 Å². The summed E-state index contributed by atoms with van der Waals surface area (Å²) in [5, 5.41) is 0. The highest BCUT2D eigenvalue weighted by atomic mass is 19.1. The second-order valence-corrected chi connectivity index (χ2v) is 7.30. The minimum absolute atomic E-state index is 0.134. The lowest BCUT2D eigenvalue weighted by Crippen LogP contribution is -1.90. The van der Waals surface area contributed by atoms with Crippen LogP contribution in [0.1, 0.15) is 50.7 Å². The van der Waals surface area contributed by atoms with Gasteiger partial charge in [-0.15, -0.1) is 0 Å². The lowest BCUT2D eigenvalue weighted by Gasteiger charge is -2.08. The van der Waals surface area contributed by atoms with Gasteiger partial charge < -0.3 is 0 Å².